The fourth-order valence-electron chi connectivity index (χ4n) is 4.66. The number of nitro benzene ring substituents is 1. The summed E-state index contributed by atoms with van der Waals surface area (Å²) in [6, 6.07) is 19.9. The zero-order valence-corrected chi connectivity index (χ0v) is 21.7. The Kier molecular flexibility index (Phi) is 8.57. The van der Waals surface area contributed by atoms with E-state index in [9.17, 15) is 28.1 Å². The van der Waals surface area contributed by atoms with Crippen molar-refractivity contribution in [1.29, 1.82) is 0 Å². The lowest BCUT2D eigenvalue weighted by molar-refractivity contribution is -0.387. The van der Waals surface area contributed by atoms with Crippen molar-refractivity contribution in [2.24, 2.45) is 5.73 Å². The number of hydrogen-bond acceptors (Lipinski definition) is 7. The number of primary amides is 1. The van der Waals surface area contributed by atoms with Gasteiger partial charge in [0.15, 0.2) is 4.90 Å². The topological polar surface area (TPSA) is 171 Å². The first-order chi connectivity index (χ1) is 18.7. The molecule has 0 unspecified atom stereocenters. The number of hydrogen-bond donors (Lipinski definition) is 3. The molecule has 4 N–H and O–H groups in total. The Bertz CT molecular complexity index is 1450. The van der Waals surface area contributed by atoms with Gasteiger partial charge in [0.05, 0.1) is 4.92 Å². The Morgan fingerprint density at radius 1 is 0.949 bits per heavy atom. The third-order valence-electron chi connectivity index (χ3n) is 6.54. The van der Waals surface area contributed by atoms with Crippen LogP contribution in [0.5, 0.6) is 0 Å². The average molecular weight is 553 g/mol. The van der Waals surface area contributed by atoms with E-state index in [1.165, 1.54) is 12.1 Å². The van der Waals surface area contributed by atoms with Gasteiger partial charge in [0, 0.05) is 18.5 Å². The van der Waals surface area contributed by atoms with Crippen molar-refractivity contribution >= 4 is 27.7 Å². The summed E-state index contributed by atoms with van der Waals surface area (Å²) in [5.41, 5.74) is 9.23. The van der Waals surface area contributed by atoms with Crippen molar-refractivity contribution in [3.05, 3.63) is 94.0 Å². The summed E-state index contributed by atoms with van der Waals surface area (Å²) < 4.78 is 32.7. The molecule has 1 aliphatic rings. The van der Waals surface area contributed by atoms with Gasteiger partial charge in [-0.05, 0) is 47.6 Å². The molecule has 0 heterocycles. The van der Waals surface area contributed by atoms with Crippen LogP contribution >= 0.6 is 0 Å². The van der Waals surface area contributed by atoms with Gasteiger partial charge >= 0.3 is 6.09 Å². The van der Waals surface area contributed by atoms with Crippen LogP contribution in [-0.2, 0) is 19.6 Å². The smallest absolute Gasteiger partial charge is 0.407 e. The monoisotopic (exact) mass is 552 g/mol. The van der Waals surface area contributed by atoms with E-state index in [1.807, 2.05) is 48.5 Å². The third-order valence-corrected chi connectivity index (χ3v) is 8.05. The number of amides is 2. The first-order valence-electron chi connectivity index (χ1n) is 12.3. The number of nitro groups is 1. The van der Waals surface area contributed by atoms with Crippen LogP contribution < -0.4 is 15.8 Å². The molecule has 0 fully saturated rings. The van der Waals surface area contributed by atoms with E-state index >= 15 is 0 Å². The Labute approximate surface area is 225 Å². The molecule has 39 heavy (non-hydrogen) atoms. The molecule has 0 radical (unpaired) electrons. The number of unbranched alkanes of at least 4 members (excludes halogenated alkanes) is 1. The van der Waals surface area contributed by atoms with E-state index in [-0.39, 0.29) is 25.5 Å². The zero-order valence-electron chi connectivity index (χ0n) is 20.9. The van der Waals surface area contributed by atoms with Crippen LogP contribution in [0.2, 0.25) is 0 Å². The first-order valence-corrected chi connectivity index (χ1v) is 13.8. The fraction of sp³-hybridized carbons (Fsp3) is 0.259. The first kappa shape index (κ1) is 27.7. The van der Waals surface area contributed by atoms with Gasteiger partial charge in [-0.25, -0.2) is 17.9 Å². The highest BCUT2D eigenvalue weighted by Crippen LogP contribution is 2.44. The SMILES string of the molecule is NC(=O)[C@H](CCCCNS(=O)(=O)c1ccccc1[N+](=O)[O-])NC(=O)OCC1c2ccccc2-c2ccccc21. The van der Waals surface area contributed by atoms with Crippen LogP contribution in [0.1, 0.15) is 36.3 Å². The molecule has 0 saturated carbocycles. The maximum Gasteiger partial charge on any atom is 0.407 e. The van der Waals surface area contributed by atoms with Gasteiger partial charge in [0.1, 0.15) is 12.6 Å². The average Bonchev–Trinajstić information content (AvgIpc) is 3.24. The van der Waals surface area contributed by atoms with Gasteiger partial charge in [0.25, 0.3) is 5.69 Å². The van der Waals surface area contributed by atoms with Crippen molar-refractivity contribution in [2.75, 3.05) is 13.2 Å². The molecule has 0 saturated heterocycles. The number of nitrogens with one attached hydrogen (secondary N) is 2. The van der Waals surface area contributed by atoms with E-state index in [4.69, 9.17) is 10.5 Å². The molecule has 11 nitrogen and oxygen atoms in total. The zero-order chi connectivity index (χ0) is 28.0. The van der Waals surface area contributed by atoms with Gasteiger partial charge in [-0.15, -0.1) is 0 Å². The molecule has 204 valence electrons. The number of sulfonamides is 1. The Hall–Kier alpha value is -4.29. The molecular weight excluding hydrogens is 524 g/mol. The van der Waals surface area contributed by atoms with Crippen molar-refractivity contribution in [1.82, 2.24) is 10.0 Å². The summed E-state index contributed by atoms with van der Waals surface area (Å²) >= 11 is 0. The number of carbonyl (C=O) groups is 2. The molecule has 0 aromatic heterocycles. The van der Waals surface area contributed by atoms with Crippen molar-refractivity contribution in [3.8, 4) is 11.1 Å². The molecular formula is C27H28N4O7S. The molecule has 3 aromatic carbocycles. The van der Waals surface area contributed by atoms with Gasteiger partial charge in [-0.1, -0.05) is 60.7 Å². The van der Waals surface area contributed by atoms with Crippen molar-refractivity contribution in [3.63, 3.8) is 0 Å². The molecule has 0 bridgehead atoms. The summed E-state index contributed by atoms with van der Waals surface area (Å²) in [6.45, 7) is 0.0591. The molecule has 3 aromatic rings. The predicted octanol–water partition coefficient (Wildman–Crippen LogP) is 3.44. The van der Waals surface area contributed by atoms with Gasteiger partial charge < -0.3 is 15.8 Å². The van der Waals surface area contributed by atoms with Gasteiger partial charge in [-0.2, -0.15) is 0 Å². The minimum atomic E-state index is -4.10. The minimum absolute atomic E-state index is 0.0230. The molecule has 1 aliphatic carbocycles. The van der Waals surface area contributed by atoms with Crippen LogP contribution in [0.15, 0.2) is 77.7 Å². The Morgan fingerprint density at radius 2 is 1.54 bits per heavy atom. The lowest BCUT2D eigenvalue weighted by Gasteiger charge is -2.18. The van der Waals surface area contributed by atoms with Gasteiger partial charge in [-0.3, -0.25) is 14.9 Å². The van der Waals surface area contributed by atoms with Gasteiger partial charge in [0.2, 0.25) is 15.9 Å². The van der Waals surface area contributed by atoms with Crippen LogP contribution in [0, 0.1) is 10.1 Å². The lowest BCUT2D eigenvalue weighted by atomic mass is 9.98. The number of ether oxygens (including phenoxy) is 1. The second kappa shape index (κ2) is 12.0. The van der Waals surface area contributed by atoms with E-state index in [1.54, 1.807) is 0 Å². The van der Waals surface area contributed by atoms with Crippen molar-refractivity contribution < 1.29 is 27.7 Å². The highest BCUT2D eigenvalue weighted by Gasteiger charge is 2.30. The molecule has 12 heteroatoms. The van der Waals surface area contributed by atoms with E-state index in [2.05, 4.69) is 10.0 Å². The number of carbonyl (C=O) groups excluding carboxylic acids is 2. The minimum Gasteiger partial charge on any atom is -0.449 e. The highest BCUT2D eigenvalue weighted by molar-refractivity contribution is 7.89. The third kappa shape index (κ3) is 6.41. The number of benzene rings is 3. The number of rotatable bonds is 12. The molecule has 1 atom stereocenters. The number of nitrogens with zero attached hydrogens (tertiary/aromatic N) is 1. The standard InChI is InChI=1S/C27H28N4O7S/c28-26(32)23(13-7-8-16-29-39(36,37)25-15-6-5-14-24(25)31(34)35)30-27(33)38-17-22-20-11-3-1-9-18(20)19-10-2-4-12-21(19)22/h1-6,9-12,14-15,22-23,29H,7-8,13,16-17H2,(H2,28,32)(H,30,33)/t23-/m0/s1. The quantitative estimate of drug-likeness (QED) is 0.175. The predicted molar refractivity (Wildman–Crippen MR) is 143 cm³/mol. The molecule has 0 aliphatic heterocycles. The Morgan fingerprint density at radius 3 is 2.15 bits per heavy atom. The molecule has 0 spiro atoms. The maximum atomic E-state index is 12.5. The summed E-state index contributed by atoms with van der Waals surface area (Å²) in [6.07, 6.45) is 0.0251. The second-order valence-electron chi connectivity index (χ2n) is 9.04. The van der Waals surface area contributed by atoms with Crippen molar-refractivity contribution in [2.45, 2.75) is 36.1 Å². The molecule has 4 rings (SSSR count). The van der Waals surface area contributed by atoms with E-state index in [0.717, 1.165) is 34.4 Å². The number of fused-ring (bicyclic) bond motifs is 3. The summed E-state index contributed by atoms with van der Waals surface area (Å²) in [5.74, 6) is -0.882. The summed E-state index contributed by atoms with van der Waals surface area (Å²) in [4.78, 5) is 34.4. The van der Waals surface area contributed by atoms with Crippen LogP contribution in [-0.4, -0.2) is 44.5 Å². The van der Waals surface area contributed by atoms with Crippen LogP contribution in [0.4, 0.5) is 10.5 Å². The van der Waals surface area contributed by atoms with E-state index in [0.29, 0.717) is 12.8 Å². The largest absolute Gasteiger partial charge is 0.449 e. The van der Waals surface area contributed by atoms with E-state index < -0.39 is 43.6 Å². The summed E-state index contributed by atoms with van der Waals surface area (Å²) in [5, 5.41) is 13.6. The fourth-order valence-corrected chi connectivity index (χ4v) is 5.91. The number of alkyl carbamates (subject to hydrolysis) is 1. The lowest BCUT2D eigenvalue weighted by Crippen LogP contribution is -2.45. The molecule has 2 amide bonds. The second-order valence-corrected chi connectivity index (χ2v) is 10.8. The maximum absolute atomic E-state index is 12.5. The number of para-hydroxylation sites is 1. The Balaban J connectivity index is 1.26. The summed E-state index contributed by atoms with van der Waals surface area (Å²) in [7, 11) is -4.10. The highest BCUT2D eigenvalue weighted by atomic mass is 32.2. The van der Waals surface area contributed by atoms with Crippen LogP contribution in [0.3, 0.4) is 0 Å². The number of nitrogens with two attached hydrogens (primary N) is 1. The normalized spacial score (nSPS) is 13.2. The van der Waals surface area contributed by atoms with Crippen LogP contribution in [0.25, 0.3) is 11.1 Å².